The summed E-state index contributed by atoms with van der Waals surface area (Å²) in [6.07, 6.45) is 0. The summed E-state index contributed by atoms with van der Waals surface area (Å²) in [5.74, 6) is -0.727. The fraction of sp³-hybridized carbons (Fsp3) is 0.400. The van der Waals surface area contributed by atoms with Crippen LogP contribution in [0.1, 0.15) is 23.6 Å². The van der Waals surface area contributed by atoms with Gasteiger partial charge in [0.05, 0.1) is 13.2 Å². The number of aryl methyl sites for hydroxylation is 1. The lowest BCUT2D eigenvalue weighted by atomic mass is 9.91. The van der Waals surface area contributed by atoms with E-state index in [9.17, 15) is 14.4 Å². The van der Waals surface area contributed by atoms with Crippen molar-refractivity contribution in [2.24, 2.45) is 0 Å². The van der Waals surface area contributed by atoms with Gasteiger partial charge < -0.3 is 19.9 Å². The van der Waals surface area contributed by atoms with Gasteiger partial charge in [0.1, 0.15) is 12.1 Å². The normalized spacial score (nSPS) is 20.7. The van der Waals surface area contributed by atoms with Gasteiger partial charge >= 0.3 is 6.03 Å². The maximum absolute atomic E-state index is 13.2. The zero-order valence-electron chi connectivity index (χ0n) is 19.3. The Bertz CT molecular complexity index is 1050. The molecular weight excluding hydrogens is 420 g/mol. The van der Waals surface area contributed by atoms with Crippen LogP contribution < -0.4 is 10.2 Å². The van der Waals surface area contributed by atoms with Crippen molar-refractivity contribution in [3.05, 3.63) is 65.2 Å². The van der Waals surface area contributed by atoms with Gasteiger partial charge in [-0.1, -0.05) is 48.0 Å². The van der Waals surface area contributed by atoms with Crippen LogP contribution in [0.4, 0.5) is 10.5 Å². The number of hydrogen-bond donors (Lipinski definition) is 1. The minimum Gasteiger partial charge on any atom is -0.378 e. The average molecular weight is 451 g/mol. The van der Waals surface area contributed by atoms with Gasteiger partial charge in [-0.2, -0.15) is 0 Å². The number of benzene rings is 2. The van der Waals surface area contributed by atoms with Crippen LogP contribution in [0.25, 0.3) is 0 Å². The van der Waals surface area contributed by atoms with E-state index in [1.54, 1.807) is 18.9 Å². The maximum atomic E-state index is 13.2. The summed E-state index contributed by atoms with van der Waals surface area (Å²) in [6.45, 7) is 6.66. The average Bonchev–Trinajstić information content (AvgIpc) is 3.04. The molecule has 174 valence electrons. The second-order valence-corrected chi connectivity index (χ2v) is 8.79. The lowest BCUT2D eigenvalue weighted by Crippen LogP contribution is -2.43. The molecule has 33 heavy (non-hydrogen) atoms. The van der Waals surface area contributed by atoms with Crippen LogP contribution in [-0.2, 0) is 26.4 Å². The summed E-state index contributed by atoms with van der Waals surface area (Å²) in [5, 5.41) is 2.76. The Labute approximate surface area is 194 Å². The summed E-state index contributed by atoms with van der Waals surface area (Å²) >= 11 is 0. The number of carbonyl (C=O) groups is 3. The molecule has 8 nitrogen and oxygen atoms in total. The molecule has 2 fully saturated rings. The molecule has 4 rings (SSSR count). The predicted octanol–water partition coefficient (Wildman–Crippen LogP) is 2.26. The molecule has 2 heterocycles. The number of para-hydroxylation sites is 1. The van der Waals surface area contributed by atoms with Crippen LogP contribution in [0.5, 0.6) is 0 Å². The number of urea groups is 1. The van der Waals surface area contributed by atoms with Gasteiger partial charge in [0.15, 0.2) is 0 Å². The number of amides is 4. The highest BCUT2D eigenvalue weighted by Crippen LogP contribution is 2.29. The van der Waals surface area contributed by atoms with Gasteiger partial charge in [-0.25, -0.2) is 4.79 Å². The van der Waals surface area contributed by atoms with Crippen LogP contribution in [0.2, 0.25) is 0 Å². The van der Waals surface area contributed by atoms with Crippen LogP contribution in [0.3, 0.4) is 0 Å². The Hall–Kier alpha value is -3.39. The molecule has 1 unspecified atom stereocenters. The number of hydrogen-bond acceptors (Lipinski definition) is 5. The molecule has 2 aliphatic rings. The molecular formula is C25H30N4O4. The van der Waals surface area contributed by atoms with E-state index >= 15 is 0 Å². The number of nitrogens with zero attached hydrogens (tertiary/aromatic N) is 3. The molecule has 2 aromatic carbocycles. The number of imide groups is 1. The summed E-state index contributed by atoms with van der Waals surface area (Å²) in [4.78, 5) is 43.6. The minimum atomic E-state index is -1.19. The molecule has 0 saturated carbocycles. The SMILES string of the molecule is Cc1ccc(C2(C)NC(=O)N(CC(=O)N(C)Cc3ccccc3N3CCOCC3)C2=O)cc1. The van der Waals surface area contributed by atoms with Gasteiger partial charge in [-0.05, 0) is 31.0 Å². The zero-order valence-corrected chi connectivity index (χ0v) is 19.3. The van der Waals surface area contributed by atoms with Crippen molar-refractivity contribution in [2.75, 3.05) is 44.8 Å². The Morgan fingerprint density at radius 1 is 1.09 bits per heavy atom. The second-order valence-electron chi connectivity index (χ2n) is 8.79. The van der Waals surface area contributed by atoms with E-state index in [0.29, 0.717) is 25.3 Å². The largest absolute Gasteiger partial charge is 0.378 e. The molecule has 0 spiro atoms. The number of carbonyl (C=O) groups excluding carboxylic acids is 3. The van der Waals surface area contributed by atoms with Crippen molar-refractivity contribution in [1.82, 2.24) is 15.1 Å². The van der Waals surface area contributed by atoms with Crippen LogP contribution in [0.15, 0.2) is 48.5 Å². The fourth-order valence-corrected chi connectivity index (χ4v) is 4.28. The van der Waals surface area contributed by atoms with Gasteiger partial charge in [0.2, 0.25) is 5.91 Å². The Balaban J connectivity index is 1.45. The van der Waals surface area contributed by atoms with Gasteiger partial charge in [0, 0.05) is 32.4 Å². The van der Waals surface area contributed by atoms with Gasteiger partial charge in [-0.15, -0.1) is 0 Å². The van der Waals surface area contributed by atoms with Crippen molar-refractivity contribution in [3.8, 4) is 0 Å². The first-order chi connectivity index (χ1) is 15.8. The molecule has 1 N–H and O–H groups in total. The van der Waals surface area contributed by atoms with E-state index < -0.39 is 17.5 Å². The third-order valence-electron chi connectivity index (χ3n) is 6.37. The topological polar surface area (TPSA) is 82.2 Å². The molecule has 4 amide bonds. The lowest BCUT2D eigenvalue weighted by molar-refractivity contribution is -0.138. The number of rotatable bonds is 6. The highest BCUT2D eigenvalue weighted by atomic mass is 16.5. The number of anilines is 1. The van der Waals surface area contributed by atoms with E-state index in [2.05, 4.69) is 10.2 Å². The van der Waals surface area contributed by atoms with Gasteiger partial charge in [0.25, 0.3) is 5.91 Å². The Morgan fingerprint density at radius 3 is 2.45 bits per heavy atom. The molecule has 0 bridgehead atoms. The Kier molecular flexibility index (Phi) is 6.37. The lowest BCUT2D eigenvalue weighted by Gasteiger charge is -2.31. The fourth-order valence-electron chi connectivity index (χ4n) is 4.28. The Morgan fingerprint density at radius 2 is 1.76 bits per heavy atom. The first kappa shape index (κ1) is 22.8. The highest BCUT2D eigenvalue weighted by molar-refractivity contribution is 6.09. The molecule has 2 aliphatic heterocycles. The van der Waals surface area contributed by atoms with Crippen LogP contribution >= 0.6 is 0 Å². The molecule has 2 saturated heterocycles. The van der Waals surface area contributed by atoms with E-state index in [1.807, 2.05) is 55.5 Å². The number of ether oxygens (including phenoxy) is 1. The third kappa shape index (κ3) is 4.57. The predicted molar refractivity (Wildman–Crippen MR) is 125 cm³/mol. The molecule has 0 aliphatic carbocycles. The quantitative estimate of drug-likeness (QED) is 0.683. The first-order valence-electron chi connectivity index (χ1n) is 11.2. The van der Waals surface area contributed by atoms with Crippen molar-refractivity contribution in [1.29, 1.82) is 0 Å². The summed E-state index contributed by atoms with van der Waals surface area (Å²) in [7, 11) is 1.69. The zero-order chi connectivity index (χ0) is 23.6. The van der Waals surface area contributed by atoms with E-state index in [4.69, 9.17) is 4.74 Å². The van der Waals surface area contributed by atoms with Crippen LogP contribution in [0, 0.1) is 6.92 Å². The maximum Gasteiger partial charge on any atom is 0.325 e. The first-order valence-corrected chi connectivity index (χ1v) is 11.2. The van der Waals surface area contributed by atoms with E-state index in [-0.39, 0.29) is 12.5 Å². The number of nitrogens with one attached hydrogen (secondary N) is 1. The van der Waals surface area contributed by atoms with Crippen LogP contribution in [-0.4, -0.2) is 67.5 Å². The van der Waals surface area contributed by atoms with Crippen molar-refractivity contribution < 1.29 is 19.1 Å². The molecule has 0 aromatic heterocycles. The van der Waals surface area contributed by atoms with Crippen molar-refractivity contribution in [2.45, 2.75) is 25.9 Å². The van der Waals surface area contributed by atoms with Crippen molar-refractivity contribution in [3.63, 3.8) is 0 Å². The highest BCUT2D eigenvalue weighted by Gasteiger charge is 2.49. The summed E-state index contributed by atoms with van der Waals surface area (Å²) < 4.78 is 5.45. The number of likely N-dealkylation sites (N-methyl/N-ethyl adjacent to an activating group) is 1. The summed E-state index contributed by atoms with van der Waals surface area (Å²) in [6, 6.07) is 14.9. The van der Waals surface area contributed by atoms with Gasteiger partial charge in [-0.3, -0.25) is 14.5 Å². The van der Waals surface area contributed by atoms with E-state index in [1.165, 1.54) is 0 Å². The minimum absolute atomic E-state index is 0.302. The van der Waals surface area contributed by atoms with Crippen molar-refractivity contribution >= 4 is 23.5 Å². The second kappa shape index (κ2) is 9.23. The smallest absolute Gasteiger partial charge is 0.325 e. The molecule has 2 aromatic rings. The monoisotopic (exact) mass is 450 g/mol. The standard InChI is InChI=1S/C25H30N4O4/c1-18-8-10-20(11-9-18)25(2)23(31)29(24(32)26-25)17-22(30)27(3)16-19-6-4-5-7-21(19)28-12-14-33-15-13-28/h4-11H,12-17H2,1-3H3,(H,26,32). The molecule has 8 heteroatoms. The molecule has 1 atom stereocenters. The summed E-state index contributed by atoms with van der Waals surface area (Å²) in [5.41, 5.74) is 2.64. The molecule has 0 radical (unpaired) electrons. The third-order valence-corrected chi connectivity index (χ3v) is 6.37. The van der Waals surface area contributed by atoms with E-state index in [0.717, 1.165) is 34.8 Å². The number of morpholine rings is 1.